The van der Waals surface area contributed by atoms with Gasteiger partial charge in [-0.25, -0.2) is 8.42 Å². The molecule has 0 radical (unpaired) electrons. The van der Waals surface area contributed by atoms with Gasteiger partial charge in [0.05, 0.1) is 25.5 Å². The number of nitrogens with one attached hydrogen (secondary N) is 4. The van der Waals surface area contributed by atoms with Crippen LogP contribution in [0.4, 0.5) is 11.4 Å². The molecule has 2 aromatic heterocycles. The molecule has 0 aliphatic carbocycles. The van der Waals surface area contributed by atoms with E-state index in [4.69, 9.17) is 17.0 Å². The Bertz CT molecular complexity index is 1430. The Morgan fingerprint density at radius 3 is 2.09 bits per heavy atom. The lowest BCUT2D eigenvalue weighted by molar-refractivity contribution is 0.0965. The van der Waals surface area contributed by atoms with Gasteiger partial charge in [-0.15, -0.1) is 22.7 Å². The number of hydrogen-bond acceptors (Lipinski definition) is 10. The van der Waals surface area contributed by atoms with Crippen LogP contribution in [0, 0.1) is 5.41 Å². The summed E-state index contributed by atoms with van der Waals surface area (Å²) in [5.74, 6) is -1.69. The minimum absolute atomic E-state index is 0.00186. The SMILES string of the molecule is C[C@@H](O)C(=N)NS(=O)(=O)c1ccc(C(=O)C(C(=O)c2ccc(Cl)s2)=C2Nc3ccccc3N2)s1. The van der Waals surface area contributed by atoms with E-state index in [1.807, 2.05) is 4.72 Å². The second-order valence-electron chi connectivity index (χ2n) is 7.12. The van der Waals surface area contributed by atoms with Crippen molar-refractivity contribution in [2.45, 2.75) is 17.2 Å². The summed E-state index contributed by atoms with van der Waals surface area (Å²) < 4.78 is 27.2. The number of thiophene rings is 2. The number of anilines is 2. The second-order valence-corrected chi connectivity index (χ2v) is 11.8. The fourth-order valence-electron chi connectivity index (χ4n) is 3.01. The van der Waals surface area contributed by atoms with Gasteiger partial charge in [0.1, 0.15) is 27.5 Å². The number of benzene rings is 1. The van der Waals surface area contributed by atoms with Crippen LogP contribution in [0.15, 0.2) is 64.1 Å². The molecule has 0 saturated heterocycles. The van der Waals surface area contributed by atoms with Gasteiger partial charge in [0, 0.05) is 0 Å². The number of aliphatic hydroxyl groups excluding tert-OH is 1. The number of carbonyl (C=O) groups excluding carboxylic acids is 2. The summed E-state index contributed by atoms with van der Waals surface area (Å²) in [5, 5.41) is 23.0. The maximum atomic E-state index is 13.5. The number of para-hydroxylation sites is 2. The third-order valence-electron chi connectivity index (χ3n) is 4.68. The number of allylic oxidation sites excluding steroid dienone is 1. The Kier molecular flexibility index (Phi) is 6.60. The number of aliphatic hydroxyl groups is 1. The lowest BCUT2D eigenvalue weighted by Crippen LogP contribution is -2.36. The quantitative estimate of drug-likeness (QED) is 0.0767. The first-order valence-corrected chi connectivity index (χ1v) is 13.2. The molecule has 9 nitrogen and oxygen atoms in total. The van der Waals surface area contributed by atoms with E-state index in [1.165, 1.54) is 25.1 Å². The number of carbonyl (C=O) groups is 2. The van der Waals surface area contributed by atoms with Gasteiger partial charge >= 0.3 is 0 Å². The van der Waals surface area contributed by atoms with Gasteiger partial charge in [-0.1, -0.05) is 23.7 Å². The van der Waals surface area contributed by atoms with Crippen molar-refractivity contribution in [3.05, 3.63) is 74.0 Å². The van der Waals surface area contributed by atoms with Gasteiger partial charge in [-0.3, -0.25) is 19.7 Å². The van der Waals surface area contributed by atoms with Crippen molar-refractivity contribution in [3.63, 3.8) is 0 Å². The molecule has 0 fully saturated rings. The first-order valence-electron chi connectivity index (χ1n) is 9.68. The maximum Gasteiger partial charge on any atom is 0.272 e. The fourth-order valence-corrected chi connectivity index (χ4v) is 6.32. The third kappa shape index (κ3) is 4.76. The molecule has 0 spiro atoms. The number of ketones is 2. The minimum Gasteiger partial charge on any atom is -0.385 e. The molecule has 5 N–H and O–H groups in total. The normalized spacial score (nSPS) is 13.4. The Hall–Kier alpha value is -3.03. The molecule has 13 heteroatoms. The van der Waals surface area contributed by atoms with E-state index in [0.717, 1.165) is 11.3 Å². The Morgan fingerprint density at radius 1 is 1.00 bits per heavy atom. The molecule has 1 aromatic carbocycles. The highest BCUT2D eigenvalue weighted by molar-refractivity contribution is 7.92. The zero-order valence-corrected chi connectivity index (χ0v) is 20.6. The number of rotatable bonds is 7. The summed E-state index contributed by atoms with van der Waals surface area (Å²) in [4.78, 5) is 27.1. The smallest absolute Gasteiger partial charge is 0.272 e. The van der Waals surface area contributed by atoms with Gasteiger partial charge in [0.15, 0.2) is 0 Å². The van der Waals surface area contributed by atoms with Crippen molar-refractivity contribution < 1.29 is 23.1 Å². The molecule has 0 saturated carbocycles. The molecular formula is C21H17ClN4O5S3. The number of halogens is 1. The summed E-state index contributed by atoms with van der Waals surface area (Å²) in [6.45, 7) is 1.24. The highest BCUT2D eigenvalue weighted by Crippen LogP contribution is 2.35. The molecule has 1 aliphatic rings. The van der Waals surface area contributed by atoms with Gasteiger partial charge in [0.2, 0.25) is 11.6 Å². The van der Waals surface area contributed by atoms with Gasteiger partial charge in [0.25, 0.3) is 10.0 Å². The molecule has 4 rings (SSSR count). The van der Waals surface area contributed by atoms with Crippen LogP contribution < -0.4 is 15.4 Å². The first-order chi connectivity index (χ1) is 16.1. The Balaban J connectivity index is 1.73. The molecular weight excluding hydrogens is 520 g/mol. The van der Waals surface area contributed by atoms with Crippen molar-refractivity contribution in [2.24, 2.45) is 0 Å². The molecule has 0 bridgehead atoms. The van der Waals surface area contributed by atoms with Crippen LogP contribution in [0.5, 0.6) is 0 Å². The number of amidine groups is 1. The molecule has 176 valence electrons. The van der Waals surface area contributed by atoms with Gasteiger partial charge in [-0.2, -0.15) is 0 Å². The predicted molar refractivity (Wildman–Crippen MR) is 133 cm³/mol. The number of fused-ring (bicyclic) bond motifs is 1. The van der Waals surface area contributed by atoms with E-state index in [2.05, 4.69) is 10.6 Å². The molecule has 0 amide bonds. The first kappa shape index (κ1) is 24.1. The number of sulfonamides is 1. The largest absolute Gasteiger partial charge is 0.385 e. The third-order valence-corrected chi connectivity index (χ3v) is 8.85. The van der Waals surface area contributed by atoms with E-state index < -0.39 is 33.5 Å². The standard InChI is InChI=1S/C21H17ClN4O5S3/c1-10(27)20(23)26-34(30,31)16-9-7-14(33-16)19(29)17(18(28)13-6-8-15(22)32-13)21-24-11-4-2-3-5-12(11)25-21/h2-10,24-25,27H,1H3,(H2,23,26)/t10-/m1/s1. The van der Waals surface area contributed by atoms with Crippen LogP contribution >= 0.6 is 34.3 Å². The van der Waals surface area contributed by atoms with Crippen molar-refractivity contribution in [2.75, 3.05) is 10.6 Å². The molecule has 1 aliphatic heterocycles. The van der Waals surface area contributed by atoms with Crippen LogP contribution in [-0.2, 0) is 10.0 Å². The van der Waals surface area contributed by atoms with E-state index >= 15 is 0 Å². The monoisotopic (exact) mass is 536 g/mol. The fraction of sp³-hybridized carbons (Fsp3) is 0.0952. The van der Waals surface area contributed by atoms with Crippen LogP contribution in [0.1, 0.15) is 26.3 Å². The van der Waals surface area contributed by atoms with Crippen molar-refractivity contribution in [1.29, 1.82) is 5.41 Å². The molecule has 0 unspecified atom stereocenters. The highest BCUT2D eigenvalue weighted by atomic mass is 35.5. The second kappa shape index (κ2) is 9.31. The van der Waals surface area contributed by atoms with Crippen LogP contribution in [0.2, 0.25) is 4.34 Å². The lowest BCUT2D eigenvalue weighted by atomic mass is 10.0. The molecule has 3 heterocycles. The molecule has 3 aromatic rings. The van der Waals surface area contributed by atoms with Crippen molar-refractivity contribution in [3.8, 4) is 0 Å². The average Bonchev–Trinajstić information content (AvgIpc) is 3.52. The van der Waals surface area contributed by atoms with Gasteiger partial charge in [-0.05, 0) is 43.3 Å². The van der Waals surface area contributed by atoms with Gasteiger partial charge < -0.3 is 15.7 Å². The summed E-state index contributed by atoms with van der Waals surface area (Å²) in [6, 6.07) is 12.7. The lowest BCUT2D eigenvalue weighted by Gasteiger charge is -2.10. The zero-order chi connectivity index (χ0) is 24.6. The van der Waals surface area contributed by atoms with E-state index in [-0.39, 0.29) is 25.4 Å². The van der Waals surface area contributed by atoms with Crippen molar-refractivity contribution in [1.82, 2.24) is 4.72 Å². The molecule has 1 atom stereocenters. The van der Waals surface area contributed by atoms with Crippen molar-refractivity contribution >= 4 is 73.1 Å². The van der Waals surface area contributed by atoms with E-state index in [0.29, 0.717) is 27.0 Å². The summed E-state index contributed by atoms with van der Waals surface area (Å²) in [7, 11) is -4.19. The summed E-state index contributed by atoms with van der Waals surface area (Å²) in [5.41, 5.74) is 1.15. The maximum absolute atomic E-state index is 13.5. The topological polar surface area (TPSA) is 148 Å². The van der Waals surface area contributed by atoms with E-state index in [1.54, 1.807) is 30.3 Å². The predicted octanol–water partition coefficient (Wildman–Crippen LogP) is 3.91. The Morgan fingerprint density at radius 2 is 1.56 bits per heavy atom. The van der Waals surface area contributed by atoms with Crippen LogP contribution in [0.3, 0.4) is 0 Å². The number of hydrogen-bond donors (Lipinski definition) is 5. The average molecular weight is 537 g/mol. The zero-order valence-electron chi connectivity index (χ0n) is 17.4. The Labute approximate surface area is 207 Å². The van der Waals surface area contributed by atoms with Crippen LogP contribution in [0.25, 0.3) is 0 Å². The summed E-state index contributed by atoms with van der Waals surface area (Å²) in [6.07, 6.45) is -1.32. The van der Waals surface area contributed by atoms with E-state index in [9.17, 15) is 23.1 Å². The van der Waals surface area contributed by atoms with Crippen LogP contribution in [-0.4, -0.2) is 37.0 Å². The minimum atomic E-state index is -4.19. The highest BCUT2D eigenvalue weighted by Gasteiger charge is 2.31. The summed E-state index contributed by atoms with van der Waals surface area (Å²) >= 11 is 7.65. The number of Topliss-reactive ketones (excluding diaryl/α,β-unsaturated/α-hetero) is 2. The molecule has 34 heavy (non-hydrogen) atoms.